The molecule has 1 N–H and O–H groups in total. The second-order valence-corrected chi connectivity index (χ2v) is 1.57. The Labute approximate surface area is 59.6 Å². The van der Waals surface area contributed by atoms with Crippen LogP contribution in [-0.2, 0) is 0 Å². The lowest BCUT2D eigenvalue weighted by Gasteiger charge is -1.96. The summed E-state index contributed by atoms with van der Waals surface area (Å²) in [6.07, 6.45) is 9.30. The summed E-state index contributed by atoms with van der Waals surface area (Å²) in [5, 5.41) is 8.61. The highest BCUT2D eigenvalue weighted by Gasteiger charge is 2.03. The largest absolute Gasteiger partial charge is 0.374 e. The Hall–Kier alpha value is -1.25. The van der Waals surface area contributed by atoms with Crippen LogP contribution < -0.4 is 0 Å². The van der Waals surface area contributed by atoms with E-state index in [0.29, 0.717) is 0 Å². The molecule has 0 bridgehead atoms. The molecule has 0 rings (SSSR count). The normalized spacial score (nSPS) is 13.4. The van der Waals surface area contributed by atoms with E-state index in [1.807, 2.05) is 5.92 Å². The molecule has 10 heavy (non-hydrogen) atoms. The fourth-order valence-electron chi connectivity index (χ4n) is 0.348. The summed E-state index contributed by atoms with van der Waals surface area (Å²) in [4.78, 5) is 0. The van der Waals surface area contributed by atoms with E-state index < -0.39 is 11.9 Å². The summed E-state index contributed by atoms with van der Waals surface area (Å²) in [6.45, 7) is 0. The van der Waals surface area contributed by atoms with Gasteiger partial charge in [0.2, 0.25) is 0 Å². The topological polar surface area (TPSA) is 20.2 Å². The van der Waals surface area contributed by atoms with Gasteiger partial charge >= 0.3 is 0 Å². The van der Waals surface area contributed by atoms with Gasteiger partial charge in [-0.2, -0.15) is 0 Å². The maximum atomic E-state index is 12.4. The van der Waals surface area contributed by atoms with Gasteiger partial charge in [0.05, 0.1) is 0 Å². The summed E-state index contributed by atoms with van der Waals surface area (Å²) in [7, 11) is 0. The Balaban J connectivity index is 3.98. The Kier molecular flexibility index (Phi) is 4.04. The van der Waals surface area contributed by atoms with E-state index in [9.17, 15) is 4.39 Å². The minimum absolute atomic E-state index is 0.143. The Bertz CT molecular complexity index is 204. The monoisotopic (exact) mass is 138 g/mol. The molecule has 0 saturated heterocycles. The van der Waals surface area contributed by atoms with Gasteiger partial charge < -0.3 is 5.11 Å². The van der Waals surface area contributed by atoms with Gasteiger partial charge in [-0.25, -0.2) is 4.39 Å². The highest BCUT2D eigenvalue weighted by Crippen LogP contribution is 2.03. The van der Waals surface area contributed by atoms with Crippen LogP contribution in [0.5, 0.6) is 0 Å². The zero-order valence-corrected chi connectivity index (χ0v) is 5.34. The van der Waals surface area contributed by atoms with Gasteiger partial charge in [0, 0.05) is 6.42 Å². The number of aliphatic hydroxyl groups excluding tert-OH is 1. The van der Waals surface area contributed by atoms with Gasteiger partial charge in [-0.3, -0.25) is 0 Å². The first kappa shape index (κ1) is 8.75. The van der Waals surface area contributed by atoms with E-state index in [4.69, 9.17) is 18.0 Å². The average Bonchev–Trinajstić information content (AvgIpc) is 1.98. The lowest BCUT2D eigenvalue weighted by Crippen LogP contribution is -2.02. The number of terminal acetylenes is 2. The fourth-order valence-corrected chi connectivity index (χ4v) is 0.348. The first-order valence-corrected chi connectivity index (χ1v) is 2.65. The molecule has 0 aromatic carbocycles. The number of rotatable bonds is 2. The number of halogens is 1. The molecule has 1 unspecified atom stereocenters. The second-order valence-electron chi connectivity index (χ2n) is 1.57. The van der Waals surface area contributed by atoms with Crippen LogP contribution in [-0.4, -0.2) is 11.2 Å². The van der Waals surface area contributed by atoms with Crippen molar-refractivity contribution in [2.24, 2.45) is 0 Å². The minimum Gasteiger partial charge on any atom is -0.374 e. The molecule has 1 nitrogen and oxygen atoms in total. The molecule has 0 heterocycles. The van der Waals surface area contributed by atoms with Crippen LogP contribution in [0.3, 0.4) is 0 Å². The summed E-state index contributed by atoms with van der Waals surface area (Å²) >= 11 is 0. The van der Waals surface area contributed by atoms with Crippen LogP contribution in [0, 0.1) is 24.7 Å². The first-order valence-electron chi connectivity index (χ1n) is 2.65. The van der Waals surface area contributed by atoms with E-state index in [-0.39, 0.29) is 6.42 Å². The fraction of sp³-hybridized carbons (Fsp3) is 0.250. The van der Waals surface area contributed by atoms with Crippen LogP contribution in [0.15, 0.2) is 11.9 Å². The molecule has 0 aliphatic rings. The molecule has 1 atom stereocenters. The standard InChI is InChI=1S/C8H7FO/c1-3-5-6-7(9)8(10)4-2/h1-2,6,8,10H,5H2/b7-6+. The summed E-state index contributed by atoms with van der Waals surface area (Å²) < 4.78 is 12.4. The molecular formula is C8H7FO. The predicted octanol–water partition coefficient (Wildman–Crippen LogP) is 0.857. The van der Waals surface area contributed by atoms with Gasteiger partial charge in [0.15, 0.2) is 6.10 Å². The SMILES string of the molecule is C#CC/C=C(/F)C(O)C#C. The molecule has 0 fully saturated rings. The highest BCUT2D eigenvalue weighted by molar-refractivity contribution is 5.14. The minimum atomic E-state index is -1.45. The molecule has 0 aromatic rings. The van der Waals surface area contributed by atoms with Crippen molar-refractivity contribution >= 4 is 0 Å². The lowest BCUT2D eigenvalue weighted by atomic mass is 10.3. The number of aliphatic hydroxyl groups is 1. The number of hydrogen-bond donors (Lipinski definition) is 1. The van der Waals surface area contributed by atoms with Crippen molar-refractivity contribution in [3.05, 3.63) is 11.9 Å². The number of hydrogen-bond acceptors (Lipinski definition) is 1. The quantitative estimate of drug-likeness (QED) is 0.561. The summed E-state index contributed by atoms with van der Waals surface area (Å²) in [6, 6.07) is 0. The van der Waals surface area contributed by atoms with Crippen LogP contribution >= 0.6 is 0 Å². The Morgan fingerprint density at radius 1 is 1.70 bits per heavy atom. The van der Waals surface area contributed by atoms with Crippen molar-refractivity contribution in [1.29, 1.82) is 0 Å². The van der Waals surface area contributed by atoms with Crippen molar-refractivity contribution in [1.82, 2.24) is 0 Å². The predicted molar refractivity (Wildman–Crippen MR) is 37.5 cm³/mol. The molecule has 0 amide bonds. The van der Waals surface area contributed by atoms with Crippen molar-refractivity contribution in [2.75, 3.05) is 0 Å². The van der Waals surface area contributed by atoms with Gasteiger partial charge in [-0.1, -0.05) is 5.92 Å². The van der Waals surface area contributed by atoms with E-state index in [2.05, 4.69) is 5.92 Å². The first-order chi connectivity index (χ1) is 4.72. The van der Waals surface area contributed by atoms with Crippen LogP contribution in [0.2, 0.25) is 0 Å². The molecule has 52 valence electrons. The van der Waals surface area contributed by atoms with Crippen LogP contribution in [0.1, 0.15) is 6.42 Å². The maximum absolute atomic E-state index is 12.4. The molecule has 2 heteroatoms. The Morgan fingerprint density at radius 3 is 2.70 bits per heavy atom. The van der Waals surface area contributed by atoms with E-state index >= 15 is 0 Å². The molecular weight excluding hydrogens is 131 g/mol. The van der Waals surface area contributed by atoms with Crippen LogP contribution in [0.25, 0.3) is 0 Å². The van der Waals surface area contributed by atoms with Crippen molar-refractivity contribution in [2.45, 2.75) is 12.5 Å². The molecule has 0 radical (unpaired) electrons. The van der Waals surface area contributed by atoms with Crippen molar-refractivity contribution in [3.8, 4) is 24.7 Å². The van der Waals surface area contributed by atoms with E-state index in [1.165, 1.54) is 0 Å². The molecule has 0 aliphatic heterocycles. The third-order valence-electron chi connectivity index (χ3n) is 0.834. The van der Waals surface area contributed by atoms with Crippen LogP contribution in [0.4, 0.5) is 4.39 Å². The van der Waals surface area contributed by atoms with Gasteiger partial charge in [0.25, 0.3) is 0 Å². The van der Waals surface area contributed by atoms with Crippen molar-refractivity contribution in [3.63, 3.8) is 0 Å². The maximum Gasteiger partial charge on any atom is 0.165 e. The smallest absolute Gasteiger partial charge is 0.165 e. The van der Waals surface area contributed by atoms with Crippen molar-refractivity contribution < 1.29 is 9.50 Å². The molecule has 0 aromatic heterocycles. The van der Waals surface area contributed by atoms with Gasteiger partial charge in [0.1, 0.15) is 5.83 Å². The average molecular weight is 138 g/mol. The lowest BCUT2D eigenvalue weighted by molar-refractivity contribution is 0.236. The second kappa shape index (κ2) is 4.61. The third kappa shape index (κ3) is 2.91. The molecule has 0 spiro atoms. The zero-order valence-electron chi connectivity index (χ0n) is 5.34. The third-order valence-corrected chi connectivity index (χ3v) is 0.834. The molecule has 0 saturated carbocycles. The molecule has 0 aliphatic carbocycles. The summed E-state index contributed by atoms with van der Waals surface area (Å²) in [5.41, 5.74) is 0. The highest BCUT2D eigenvalue weighted by atomic mass is 19.1. The number of allylic oxidation sites excluding steroid dienone is 1. The summed E-state index contributed by atoms with van der Waals surface area (Å²) in [5.74, 6) is 3.24. The van der Waals surface area contributed by atoms with Gasteiger partial charge in [-0.15, -0.1) is 18.8 Å². The van der Waals surface area contributed by atoms with E-state index in [0.717, 1.165) is 6.08 Å². The van der Waals surface area contributed by atoms with E-state index in [1.54, 1.807) is 0 Å². The Morgan fingerprint density at radius 2 is 2.30 bits per heavy atom. The zero-order chi connectivity index (χ0) is 7.98. The van der Waals surface area contributed by atoms with Gasteiger partial charge in [-0.05, 0) is 6.08 Å².